The second-order valence-electron chi connectivity index (χ2n) is 10.7. The molecule has 190 valence electrons. The van der Waals surface area contributed by atoms with Crippen molar-refractivity contribution in [3.63, 3.8) is 0 Å². The first-order valence-electron chi connectivity index (χ1n) is 14.1. The predicted octanol–water partition coefficient (Wildman–Crippen LogP) is 10.5. The van der Waals surface area contributed by atoms with Crippen LogP contribution in [0.25, 0.3) is 82.0 Å². The van der Waals surface area contributed by atoms with Gasteiger partial charge in [-0.1, -0.05) is 127 Å². The fourth-order valence-corrected chi connectivity index (χ4v) is 6.83. The Morgan fingerprint density at radius 3 is 1.68 bits per heavy atom. The van der Waals surface area contributed by atoms with E-state index in [4.69, 9.17) is 4.98 Å². The number of para-hydroxylation sites is 2. The summed E-state index contributed by atoms with van der Waals surface area (Å²) < 4.78 is 2.36. The molecule has 0 unspecified atom stereocenters. The van der Waals surface area contributed by atoms with Gasteiger partial charge in [0, 0.05) is 10.9 Å². The third kappa shape index (κ3) is 3.16. The van der Waals surface area contributed by atoms with Gasteiger partial charge in [0.25, 0.3) is 0 Å². The average Bonchev–Trinajstić information content (AvgIpc) is 3.43. The Morgan fingerprint density at radius 1 is 0.390 bits per heavy atom. The van der Waals surface area contributed by atoms with Gasteiger partial charge < -0.3 is 0 Å². The topological polar surface area (TPSA) is 17.8 Å². The highest BCUT2D eigenvalue weighted by Gasteiger charge is 2.19. The number of hydrogen-bond donors (Lipinski definition) is 0. The fourth-order valence-electron chi connectivity index (χ4n) is 6.83. The molecule has 0 saturated carbocycles. The molecule has 9 rings (SSSR count). The van der Waals surface area contributed by atoms with Gasteiger partial charge in [-0.15, -0.1) is 0 Å². The summed E-state index contributed by atoms with van der Waals surface area (Å²) in [5.74, 6) is 0.945. The zero-order chi connectivity index (χ0) is 26.9. The molecule has 8 aromatic carbocycles. The molecule has 0 saturated heterocycles. The third-order valence-corrected chi connectivity index (χ3v) is 8.54. The minimum absolute atomic E-state index is 0.945. The minimum atomic E-state index is 0.945. The van der Waals surface area contributed by atoms with Gasteiger partial charge >= 0.3 is 0 Å². The predicted molar refractivity (Wildman–Crippen MR) is 174 cm³/mol. The van der Waals surface area contributed by atoms with Gasteiger partial charge in [0.2, 0.25) is 0 Å². The summed E-state index contributed by atoms with van der Waals surface area (Å²) in [5, 5.41) is 12.6. The first-order valence-corrected chi connectivity index (χ1v) is 14.1. The lowest BCUT2D eigenvalue weighted by molar-refractivity contribution is 1.12. The number of hydrogen-bond acceptors (Lipinski definition) is 1. The van der Waals surface area contributed by atoms with E-state index in [1.54, 1.807) is 0 Å². The molecule has 0 aliphatic carbocycles. The van der Waals surface area contributed by atoms with Crippen LogP contribution >= 0.6 is 0 Å². The molecular formula is C39H24N2. The van der Waals surface area contributed by atoms with Crippen LogP contribution in [0, 0.1) is 0 Å². The van der Waals surface area contributed by atoms with Crippen LogP contribution in [0.1, 0.15) is 0 Å². The van der Waals surface area contributed by atoms with E-state index in [9.17, 15) is 0 Å². The second kappa shape index (κ2) is 8.51. The van der Waals surface area contributed by atoms with E-state index in [2.05, 4.69) is 150 Å². The molecule has 0 aliphatic rings. The van der Waals surface area contributed by atoms with Crippen LogP contribution in [0.4, 0.5) is 0 Å². The van der Waals surface area contributed by atoms with Crippen molar-refractivity contribution in [2.75, 3.05) is 0 Å². The maximum Gasteiger partial charge on any atom is 0.145 e. The summed E-state index contributed by atoms with van der Waals surface area (Å²) in [7, 11) is 0. The summed E-state index contributed by atoms with van der Waals surface area (Å²) in [6.07, 6.45) is 0. The smallest absolute Gasteiger partial charge is 0.145 e. The molecule has 0 aliphatic heterocycles. The number of fused-ring (bicyclic) bond motifs is 6. The van der Waals surface area contributed by atoms with Crippen molar-refractivity contribution in [1.82, 2.24) is 9.55 Å². The summed E-state index contributed by atoms with van der Waals surface area (Å²) in [5.41, 5.74) is 4.31. The molecular weight excluding hydrogens is 496 g/mol. The standard InChI is InChI=1S/C39H24N2/c1-2-11-27(12-3-1)39-40-33-20-6-7-21-34(33)41(39)35-22-10-19-32-31-18-9-14-26-24-23-25-13-8-17-29(36(25)37(26)31)28-15-4-5-16-30(28)38(32)35/h1-24H. The molecule has 0 fully saturated rings. The Balaban J connectivity index is 1.59. The van der Waals surface area contributed by atoms with Crippen LogP contribution in [0.3, 0.4) is 0 Å². The number of aromatic nitrogens is 2. The maximum atomic E-state index is 5.18. The molecule has 2 nitrogen and oxygen atoms in total. The zero-order valence-corrected chi connectivity index (χ0v) is 22.3. The van der Waals surface area contributed by atoms with Gasteiger partial charge in [-0.3, -0.25) is 4.57 Å². The van der Waals surface area contributed by atoms with Gasteiger partial charge in [-0.05, 0) is 66.7 Å². The molecule has 41 heavy (non-hydrogen) atoms. The first kappa shape index (κ1) is 22.4. The molecule has 0 radical (unpaired) electrons. The van der Waals surface area contributed by atoms with E-state index in [-0.39, 0.29) is 0 Å². The van der Waals surface area contributed by atoms with Crippen LogP contribution in [0.2, 0.25) is 0 Å². The first-order chi connectivity index (χ1) is 20.4. The minimum Gasteiger partial charge on any atom is -0.292 e. The molecule has 0 spiro atoms. The lowest BCUT2D eigenvalue weighted by atomic mass is 9.90. The van der Waals surface area contributed by atoms with Crippen molar-refractivity contribution < 1.29 is 0 Å². The van der Waals surface area contributed by atoms with Crippen molar-refractivity contribution in [2.24, 2.45) is 0 Å². The van der Waals surface area contributed by atoms with E-state index >= 15 is 0 Å². The largest absolute Gasteiger partial charge is 0.292 e. The summed E-state index contributed by atoms with van der Waals surface area (Å²) in [4.78, 5) is 5.18. The average molecular weight is 521 g/mol. The van der Waals surface area contributed by atoms with Gasteiger partial charge in [-0.2, -0.15) is 0 Å². The van der Waals surface area contributed by atoms with Gasteiger partial charge in [-0.25, -0.2) is 4.98 Å². The van der Waals surface area contributed by atoms with Crippen LogP contribution in [0.5, 0.6) is 0 Å². The summed E-state index contributed by atoms with van der Waals surface area (Å²) in [6, 6.07) is 52.6. The quantitative estimate of drug-likeness (QED) is 0.207. The van der Waals surface area contributed by atoms with Gasteiger partial charge in [0.05, 0.1) is 16.7 Å². The third-order valence-electron chi connectivity index (χ3n) is 8.54. The normalized spacial score (nSPS) is 11.9. The Kier molecular flexibility index (Phi) is 4.64. The molecule has 2 heteroatoms. The molecule has 9 aromatic rings. The van der Waals surface area contributed by atoms with Crippen molar-refractivity contribution in [3.8, 4) is 17.1 Å². The van der Waals surface area contributed by atoms with Crippen molar-refractivity contribution in [3.05, 3.63) is 146 Å². The van der Waals surface area contributed by atoms with Crippen molar-refractivity contribution >= 4 is 64.9 Å². The molecule has 1 aromatic heterocycles. The number of rotatable bonds is 2. The highest BCUT2D eigenvalue weighted by molar-refractivity contribution is 6.33. The highest BCUT2D eigenvalue weighted by atomic mass is 15.1. The number of imidazole rings is 1. The van der Waals surface area contributed by atoms with E-state index in [1.807, 2.05) is 0 Å². The Bertz CT molecular complexity index is 2470. The van der Waals surface area contributed by atoms with Gasteiger partial charge in [0.1, 0.15) is 5.82 Å². The van der Waals surface area contributed by atoms with Crippen LogP contribution < -0.4 is 0 Å². The molecule has 0 bridgehead atoms. The Morgan fingerprint density at radius 2 is 0.927 bits per heavy atom. The SMILES string of the molecule is c1ccc(-c2nc3ccccc3n2-c2cccc3c4cccc5ccc6cccc(c7ccccc7c23)c6c54)cc1. The molecule has 0 atom stereocenters. The Hall–Kier alpha value is -5.47. The lowest BCUT2D eigenvalue weighted by Gasteiger charge is -2.17. The van der Waals surface area contributed by atoms with E-state index in [0.717, 1.165) is 28.1 Å². The summed E-state index contributed by atoms with van der Waals surface area (Å²) in [6.45, 7) is 0. The molecule has 0 amide bonds. The van der Waals surface area contributed by atoms with E-state index in [0.29, 0.717) is 0 Å². The van der Waals surface area contributed by atoms with Crippen molar-refractivity contribution in [2.45, 2.75) is 0 Å². The second-order valence-corrected chi connectivity index (χ2v) is 10.7. The Labute approximate surface area is 236 Å². The van der Waals surface area contributed by atoms with Crippen LogP contribution in [0.15, 0.2) is 146 Å². The number of benzene rings is 7. The number of nitrogens with zero attached hydrogens (tertiary/aromatic N) is 2. The van der Waals surface area contributed by atoms with E-state index in [1.165, 1.54) is 53.9 Å². The monoisotopic (exact) mass is 520 g/mol. The molecule has 1 heterocycles. The van der Waals surface area contributed by atoms with Crippen LogP contribution in [-0.4, -0.2) is 9.55 Å². The summed E-state index contributed by atoms with van der Waals surface area (Å²) >= 11 is 0. The molecule has 0 N–H and O–H groups in total. The maximum absolute atomic E-state index is 5.18. The van der Waals surface area contributed by atoms with Crippen LogP contribution in [-0.2, 0) is 0 Å². The lowest BCUT2D eigenvalue weighted by Crippen LogP contribution is -1.99. The fraction of sp³-hybridized carbons (Fsp3) is 0. The highest BCUT2D eigenvalue weighted by Crippen LogP contribution is 2.42. The van der Waals surface area contributed by atoms with Crippen molar-refractivity contribution in [1.29, 1.82) is 0 Å². The zero-order valence-electron chi connectivity index (χ0n) is 22.3. The van der Waals surface area contributed by atoms with Gasteiger partial charge in [0.15, 0.2) is 0 Å². The van der Waals surface area contributed by atoms with E-state index < -0.39 is 0 Å².